The second-order valence-electron chi connectivity index (χ2n) is 7.11. The second kappa shape index (κ2) is 10.0. The molecular weight excluding hydrogens is 384 g/mol. The third-order valence-corrected chi connectivity index (χ3v) is 5.21. The lowest BCUT2D eigenvalue weighted by Gasteiger charge is -2.35. The first-order valence-electron chi connectivity index (χ1n) is 10.2. The minimum Gasteiger partial charge on any atom is -0.507 e. The van der Waals surface area contributed by atoms with Crippen LogP contribution in [0.15, 0.2) is 42.5 Å². The largest absolute Gasteiger partial charge is 0.507 e. The molecule has 30 heavy (non-hydrogen) atoms. The molecule has 1 heterocycles. The Hall–Kier alpha value is -3.22. The number of carbonyl (C=O) groups is 2. The number of aromatic hydroxyl groups is 1. The predicted molar refractivity (Wildman–Crippen MR) is 113 cm³/mol. The van der Waals surface area contributed by atoms with Crippen molar-refractivity contribution in [2.75, 3.05) is 39.9 Å². The van der Waals surface area contributed by atoms with E-state index in [0.29, 0.717) is 62.7 Å². The Balaban J connectivity index is 1.51. The number of hydrogen-bond acceptors (Lipinski definition) is 5. The average Bonchev–Trinajstić information content (AvgIpc) is 2.78. The molecule has 1 saturated heterocycles. The lowest BCUT2D eigenvalue weighted by molar-refractivity contribution is -0.132. The smallest absolute Gasteiger partial charge is 0.257 e. The Morgan fingerprint density at radius 1 is 1.00 bits per heavy atom. The van der Waals surface area contributed by atoms with Gasteiger partial charge in [-0.3, -0.25) is 9.59 Å². The van der Waals surface area contributed by atoms with Crippen molar-refractivity contribution >= 4 is 11.8 Å². The second-order valence-corrected chi connectivity index (χ2v) is 7.11. The van der Waals surface area contributed by atoms with Crippen LogP contribution in [0.1, 0.15) is 29.3 Å². The summed E-state index contributed by atoms with van der Waals surface area (Å²) in [6, 6.07) is 12.2. The van der Waals surface area contributed by atoms with E-state index < -0.39 is 0 Å². The number of nitrogens with zero attached hydrogens (tertiary/aromatic N) is 2. The molecule has 2 aromatic rings. The van der Waals surface area contributed by atoms with E-state index in [9.17, 15) is 14.7 Å². The standard InChI is InChI=1S/C23H28N2O5/c1-3-30-20-10-8-17(16-21(20)29-2)9-11-22(27)24-12-14-25(15-13-24)23(28)18-6-4-5-7-19(18)26/h4-8,10,16,26H,3,9,11-15H2,1-2H3. The molecule has 3 rings (SSSR count). The Morgan fingerprint density at radius 3 is 2.37 bits per heavy atom. The van der Waals surface area contributed by atoms with Crippen molar-refractivity contribution in [1.29, 1.82) is 0 Å². The third kappa shape index (κ3) is 5.03. The fraction of sp³-hybridized carbons (Fsp3) is 0.391. The van der Waals surface area contributed by atoms with Gasteiger partial charge in [-0.05, 0) is 43.2 Å². The van der Waals surface area contributed by atoms with Gasteiger partial charge in [-0.1, -0.05) is 18.2 Å². The number of carbonyl (C=O) groups excluding carboxylic acids is 2. The van der Waals surface area contributed by atoms with E-state index in [1.807, 2.05) is 25.1 Å². The quantitative estimate of drug-likeness (QED) is 0.757. The fourth-order valence-corrected chi connectivity index (χ4v) is 3.54. The number of methoxy groups -OCH3 is 1. The van der Waals surface area contributed by atoms with Crippen molar-refractivity contribution < 1.29 is 24.2 Å². The van der Waals surface area contributed by atoms with Crippen LogP contribution in [0.3, 0.4) is 0 Å². The maximum Gasteiger partial charge on any atom is 0.257 e. The minimum atomic E-state index is -0.207. The molecule has 160 valence electrons. The SMILES string of the molecule is CCOc1ccc(CCC(=O)N2CCN(C(=O)c3ccccc3O)CC2)cc1OC. The van der Waals surface area contributed by atoms with E-state index in [0.717, 1.165) is 5.56 Å². The highest BCUT2D eigenvalue weighted by Crippen LogP contribution is 2.28. The maximum atomic E-state index is 12.6. The highest BCUT2D eigenvalue weighted by Gasteiger charge is 2.25. The van der Waals surface area contributed by atoms with Crippen molar-refractivity contribution in [3.8, 4) is 17.2 Å². The fourth-order valence-electron chi connectivity index (χ4n) is 3.54. The van der Waals surface area contributed by atoms with Crippen molar-refractivity contribution in [3.63, 3.8) is 0 Å². The number of aryl methyl sites for hydroxylation is 1. The number of piperazine rings is 1. The zero-order valence-electron chi connectivity index (χ0n) is 17.5. The van der Waals surface area contributed by atoms with Crippen LogP contribution in [-0.4, -0.2) is 66.6 Å². The average molecular weight is 412 g/mol. The van der Waals surface area contributed by atoms with Crippen LogP contribution in [-0.2, 0) is 11.2 Å². The molecule has 1 aliphatic heterocycles. The molecule has 1 N–H and O–H groups in total. The van der Waals surface area contributed by atoms with E-state index >= 15 is 0 Å². The number of benzene rings is 2. The molecule has 1 aliphatic rings. The van der Waals surface area contributed by atoms with Crippen molar-refractivity contribution in [3.05, 3.63) is 53.6 Å². The number of ether oxygens (including phenoxy) is 2. The zero-order chi connectivity index (χ0) is 21.5. The highest BCUT2D eigenvalue weighted by atomic mass is 16.5. The van der Waals surface area contributed by atoms with E-state index in [2.05, 4.69) is 0 Å². The lowest BCUT2D eigenvalue weighted by atomic mass is 10.1. The molecule has 1 fully saturated rings. The molecule has 0 bridgehead atoms. The van der Waals surface area contributed by atoms with E-state index in [1.54, 1.807) is 35.1 Å². The van der Waals surface area contributed by atoms with Gasteiger partial charge < -0.3 is 24.4 Å². The van der Waals surface area contributed by atoms with Crippen LogP contribution < -0.4 is 9.47 Å². The number of phenols is 1. The number of hydrogen-bond donors (Lipinski definition) is 1. The van der Waals surface area contributed by atoms with Crippen LogP contribution in [0.2, 0.25) is 0 Å². The summed E-state index contributed by atoms with van der Waals surface area (Å²) in [5, 5.41) is 9.89. The van der Waals surface area contributed by atoms with Gasteiger partial charge in [0.2, 0.25) is 5.91 Å². The molecular formula is C23H28N2O5. The predicted octanol–water partition coefficient (Wildman–Crippen LogP) is 2.72. The van der Waals surface area contributed by atoms with Crippen molar-refractivity contribution in [1.82, 2.24) is 9.80 Å². The van der Waals surface area contributed by atoms with E-state index in [-0.39, 0.29) is 17.6 Å². The topological polar surface area (TPSA) is 79.3 Å². The molecule has 7 heteroatoms. The Kier molecular flexibility index (Phi) is 7.17. The van der Waals surface area contributed by atoms with Crippen LogP contribution in [0.5, 0.6) is 17.2 Å². The molecule has 2 aromatic carbocycles. The highest BCUT2D eigenvalue weighted by molar-refractivity contribution is 5.97. The number of rotatable bonds is 7. The van der Waals surface area contributed by atoms with Gasteiger partial charge in [0, 0.05) is 32.6 Å². The monoisotopic (exact) mass is 412 g/mol. The Labute approximate surface area is 176 Å². The van der Waals surface area contributed by atoms with E-state index in [4.69, 9.17) is 9.47 Å². The minimum absolute atomic E-state index is 0.0215. The molecule has 0 saturated carbocycles. The van der Waals surface area contributed by atoms with Crippen LogP contribution in [0.4, 0.5) is 0 Å². The molecule has 0 atom stereocenters. The number of para-hydroxylation sites is 1. The molecule has 0 aromatic heterocycles. The normalized spacial score (nSPS) is 13.8. The number of amides is 2. The summed E-state index contributed by atoms with van der Waals surface area (Å²) in [6.07, 6.45) is 1.00. The first-order valence-corrected chi connectivity index (χ1v) is 10.2. The van der Waals surface area contributed by atoms with Gasteiger partial charge in [-0.15, -0.1) is 0 Å². The Morgan fingerprint density at radius 2 is 1.70 bits per heavy atom. The summed E-state index contributed by atoms with van der Waals surface area (Å²) in [6.45, 7) is 4.37. The van der Waals surface area contributed by atoms with Gasteiger partial charge >= 0.3 is 0 Å². The molecule has 2 amide bonds. The summed E-state index contributed by atoms with van der Waals surface area (Å²) in [5.74, 6) is 1.20. The third-order valence-electron chi connectivity index (χ3n) is 5.21. The van der Waals surface area contributed by atoms with E-state index in [1.165, 1.54) is 6.07 Å². The molecule has 0 spiro atoms. The Bertz CT molecular complexity index is 891. The molecule has 0 aliphatic carbocycles. The summed E-state index contributed by atoms with van der Waals surface area (Å²) in [4.78, 5) is 28.7. The van der Waals surface area contributed by atoms with Gasteiger partial charge in [-0.25, -0.2) is 0 Å². The van der Waals surface area contributed by atoms with Gasteiger partial charge in [0.05, 0.1) is 19.3 Å². The maximum absolute atomic E-state index is 12.6. The first-order chi connectivity index (χ1) is 14.5. The summed E-state index contributed by atoms with van der Waals surface area (Å²) < 4.78 is 10.9. The van der Waals surface area contributed by atoms with Crippen LogP contribution in [0, 0.1) is 0 Å². The molecule has 7 nitrogen and oxygen atoms in total. The van der Waals surface area contributed by atoms with Gasteiger partial charge in [0.15, 0.2) is 11.5 Å². The van der Waals surface area contributed by atoms with Gasteiger partial charge in [-0.2, -0.15) is 0 Å². The first kappa shape index (κ1) is 21.5. The zero-order valence-corrected chi connectivity index (χ0v) is 17.5. The van der Waals surface area contributed by atoms with Gasteiger partial charge in [0.25, 0.3) is 5.91 Å². The van der Waals surface area contributed by atoms with Crippen LogP contribution in [0.25, 0.3) is 0 Å². The summed E-state index contributed by atoms with van der Waals surface area (Å²) in [7, 11) is 1.60. The number of phenolic OH excluding ortho intramolecular Hbond substituents is 1. The van der Waals surface area contributed by atoms with Gasteiger partial charge in [0.1, 0.15) is 5.75 Å². The summed E-state index contributed by atoms with van der Waals surface area (Å²) in [5.41, 5.74) is 1.30. The van der Waals surface area contributed by atoms with Crippen LogP contribution >= 0.6 is 0 Å². The molecule has 0 radical (unpaired) electrons. The van der Waals surface area contributed by atoms with Crippen molar-refractivity contribution in [2.24, 2.45) is 0 Å². The van der Waals surface area contributed by atoms with Crippen molar-refractivity contribution in [2.45, 2.75) is 19.8 Å². The summed E-state index contributed by atoms with van der Waals surface area (Å²) >= 11 is 0. The lowest BCUT2D eigenvalue weighted by Crippen LogP contribution is -2.50. The molecule has 0 unspecified atom stereocenters.